The lowest BCUT2D eigenvalue weighted by Crippen LogP contribution is -2.26. The molecule has 1 amide bonds. The van der Waals surface area contributed by atoms with Crippen LogP contribution in [0.15, 0.2) is 79.8 Å². The summed E-state index contributed by atoms with van der Waals surface area (Å²) in [6.45, 7) is 0.242. The summed E-state index contributed by atoms with van der Waals surface area (Å²) in [4.78, 5) is 13.4. The number of benzene rings is 2. The SMILES string of the molecule is CN(Cc1ccccc1)S(=O)(=O)c1ccc(C(=O)Nc2nnc(-c3ccc(Br)s3)o2)cc1. The maximum atomic E-state index is 12.8. The monoisotopic (exact) mass is 532 g/mol. The summed E-state index contributed by atoms with van der Waals surface area (Å²) in [7, 11) is -2.19. The Hall–Kier alpha value is -2.86. The standard InChI is InChI=1S/C21H17BrN4O4S2/c1-26(13-14-5-3-2-4-6-14)32(28,29)16-9-7-15(8-10-16)19(27)23-21-25-24-20(30-21)17-11-12-18(22)31-17/h2-12H,13H2,1H3,(H,23,25,27). The number of carbonyl (C=O) groups is 1. The summed E-state index contributed by atoms with van der Waals surface area (Å²) >= 11 is 4.79. The van der Waals surface area contributed by atoms with Crippen molar-refractivity contribution in [1.82, 2.24) is 14.5 Å². The van der Waals surface area contributed by atoms with E-state index in [0.29, 0.717) is 5.89 Å². The molecule has 0 atom stereocenters. The third-order valence-corrected chi connectivity index (χ3v) is 7.93. The van der Waals surface area contributed by atoms with Crippen LogP contribution in [0.5, 0.6) is 0 Å². The summed E-state index contributed by atoms with van der Waals surface area (Å²) < 4.78 is 33.3. The van der Waals surface area contributed by atoms with E-state index in [1.807, 2.05) is 42.5 Å². The van der Waals surface area contributed by atoms with Gasteiger partial charge in [-0.2, -0.15) is 4.31 Å². The van der Waals surface area contributed by atoms with Gasteiger partial charge in [-0.1, -0.05) is 35.4 Å². The third kappa shape index (κ3) is 4.96. The highest BCUT2D eigenvalue weighted by molar-refractivity contribution is 9.11. The van der Waals surface area contributed by atoms with E-state index in [-0.39, 0.29) is 23.0 Å². The van der Waals surface area contributed by atoms with Gasteiger partial charge in [0.1, 0.15) is 0 Å². The molecule has 8 nitrogen and oxygen atoms in total. The number of anilines is 1. The lowest BCUT2D eigenvalue weighted by molar-refractivity contribution is 0.102. The van der Waals surface area contributed by atoms with E-state index in [2.05, 4.69) is 31.4 Å². The van der Waals surface area contributed by atoms with Gasteiger partial charge in [0.2, 0.25) is 10.0 Å². The molecule has 0 bridgehead atoms. The first-order valence-corrected chi connectivity index (χ1v) is 12.4. The van der Waals surface area contributed by atoms with E-state index in [0.717, 1.165) is 14.2 Å². The largest absolute Gasteiger partial charge is 0.402 e. The van der Waals surface area contributed by atoms with Crippen molar-refractivity contribution in [2.45, 2.75) is 11.4 Å². The molecular weight excluding hydrogens is 516 g/mol. The molecule has 0 fully saturated rings. The molecule has 11 heteroatoms. The van der Waals surface area contributed by atoms with Gasteiger partial charge in [-0.15, -0.1) is 16.4 Å². The summed E-state index contributed by atoms with van der Waals surface area (Å²) in [6.07, 6.45) is 0. The van der Waals surface area contributed by atoms with E-state index in [4.69, 9.17) is 4.42 Å². The van der Waals surface area contributed by atoms with Crippen LogP contribution in [0.25, 0.3) is 10.8 Å². The molecule has 2 heterocycles. The number of hydrogen-bond acceptors (Lipinski definition) is 7. The van der Waals surface area contributed by atoms with Gasteiger partial charge in [0.25, 0.3) is 11.8 Å². The Labute approximate surface area is 197 Å². The van der Waals surface area contributed by atoms with Crippen LogP contribution in [0.1, 0.15) is 15.9 Å². The Morgan fingerprint density at radius 3 is 2.44 bits per heavy atom. The zero-order chi connectivity index (χ0) is 22.7. The fourth-order valence-corrected chi connectivity index (χ4v) is 5.32. The Morgan fingerprint density at radius 1 is 1.06 bits per heavy atom. The second-order valence-corrected chi connectivity index (χ2v) is 11.2. The lowest BCUT2D eigenvalue weighted by atomic mass is 10.2. The molecule has 0 saturated heterocycles. The molecule has 0 unspecified atom stereocenters. The predicted octanol–water partition coefficient (Wildman–Crippen LogP) is 4.63. The van der Waals surface area contributed by atoms with Crippen LogP contribution in [0, 0.1) is 0 Å². The van der Waals surface area contributed by atoms with Crippen molar-refractivity contribution in [3.63, 3.8) is 0 Å². The molecule has 0 saturated carbocycles. The molecular formula is C21H17BrN4O4S2. The van der Waals surface area contributed by atoms with Crippen LogP contribution < -0.4 is 5.32 Å². The van der Waals surface area contributed by atoms with Crippen LogP contribution in [-0.2, 0) is 16.6 Å². The number of aromatic nitrogens is 2. The van der Waals surface area contributed by atoms with Gasteiger partial charge < -0.3 is 4.42 Å². The number of nitrogens with zero attached hydrogens (tertiary/aromatic N) is 3. The number of halogens is 1. The van der Waals surface area contributed by atoms with Crippen molar-refractivity contribution < 1.29 is 17.6 Å². The third-order valence-electron chi connectivity index (χ3n) is 4.50. The summed E-state index contributed by atoms with van der Waals surface area (Å²) in [5.41, 5.74) is 1.14. The fraction of sp³-hybridized carbons (Fsp3) is 0.0952. The van der Waals surface area contributed by atoms with Crippen molar-refractivity contribution >= 4 is 49.2 Å². The molecule has 4 aromatic rings. The molecule has 2 aromatic heterocycles. The number of amides is 1. The summed E-state index contributed by atoms with van der Waals surface area (Å²) in [5.74, 6) is -0.201. The molecule has 0 aliphatic heterocycles. The van der Waals surface area contributed by atoms with Gasteiger partial charge in [-0.05, 0) is 57.9 Å². The first kappa shape index (κ1) is 22.3. The molecule has 0 aliphatic rings. The molecule has 0 spiro atoms. The topological polar surface area (TPSA) is 105 Å². The molecule has 164 valence electrons. The highest BCUT2D eigenvalue weighted by Gasteiger charge is 2.21. The van der Waals surface area contributed by atoms with Gasteiger partial charge in [0.05, 0.1) is 13.6 Å². The van der Waals surface area contributed by atoms with Crippen molar-refractivity contribution in [1.29, 1.82) is 0 Å². The van der Waals surface area contributed by atoms with Gasteiger partial charge in [0, 0.05) is 19.2 Å². The van der Waals surface area contributed by atoms with E-state index >= 15 is 0 Å². The quantitative estimate of drug-likeness (QED) is 0.371. The maximum Gasteiger partial charge on any atom is 0.322 e. The second-order valence-electron chi connectivity index (χ2n) is 6.74. The number of nitrogens with one attached hydrogen (secondary N) is 1. The summed E-state index contributed by atoms with van der Waals surface area (Å²) in [5, 5.41) is 10.3. The highest BCUT2D eigenvalue weighted by Crippen LogP contribution is 2.31. The fourth-order valence-electron chi connectivity index (χ4n) is 2.86. The smallest absolute Gasteiger partial charge is 0.322 e. The Morgan fingerprint density at radius 2 is 1.78 bits per heavy atom. The molecule has 2 aromatic carbocycles. The first-order chi connectivity index (χ1) is 15.3. The minimum atomic E-state index is -3.71. The van der Waals surface area contributed by atoms with Crippen molar-refractivity contribution in [3.8, 4) is 10.8 Å². The van der Waals surface area contributed by atoms with Crippen molar-refractivity contribution in [2.75, 3.05) is 12.4 Å². The predicted molar refractivity (Wildman–Crippen MR) is 125 cm³/mol. The Bertz CT molecular complexity index is 1340. The molecule has 1 N–H and O–H groups in total. The van der Waals surface area contributed by atoms with Crippen molar-refractivity contribution in [2.24, 2.45) is 0 Å². The van der Waals surface area contributed by atoms with E-state index in [1.54, 1.807) is 0 Å². The zero-order valence-electron chi connectivity index (χ0n) is 16.7. The zero-order valence-corrected chi connectivity index (χ0v) is 19.9. The van der Waals surface area contributed by atoms with E-state index in [9.17, 15) is 13.2 Å². The number of carbonyl (C=O) groups excluding carboxylic acids is 1. The average molecular weight is 533 g/mol. The maximum absolute atomic E-state index is 12.8. The van der Waals surface area contributed by atoms with Crippen LogP contribution >= 0.6 is 27.3 Å². The van der Waals surface area contributed by atoms with Crippen LogP contribution in [0.3, 0.4) is 0 Å². The number of thiophene rings is 1. The number of sulfonamides is 1. The average Bonchev–Trinajstić information content (AvgIpc) is 3.43. The highest BCUT2D eigenvalue weighted by atomic mass is 79.9. The molecule has 32 heavy (non-hydrogen) atoms. The Balaban J connectivity index is 1.43. The van der Waals surface area contributed by atoms with Gasteiger partial charge in [-0.25, -0.2) is 8.42 Å². The minimum absolute atomic E-state index is 0.0474. The molecule has 0 radical (unpaired) electrons. The lowest BCUT2D eigenvalue weighted by Gasteiger charge is -2.17. The normalized spacial score (nSPS) is 11.6. The summed E-state index contributed by atoms with van der Waals surface area (Å²) in [6, 6.07) is 18.6. The number of hydrogen-bond donors (Lipinski definition) is 1. The molecule has 0 aliphatic carbocycles. The van der Waals surface area contributed by atoms with Gasteiger partial charge in [0.15, 0.2) is 0 Å². The van der Waals surface area contributed by atoms with Crippen LogP contribution in [0.2, 0.25) is 0 Å². The second kappa shape index (κ2) is 9.33. The van der Waals surface area contributed by atoms with Crippen LogP contribution in [0.4, 0.5) is 6.01 Å². The molecule has 4 rings (SSSR count). The van der Waals surface area contributed by atoms with E-state index < -0.39 is 15.9 Å². The van der Waals surface area contributed by atoms with Crippen molar-refractivity contribution in [3.05, 3.63) is 81.6 Å². The van der Waals surface area contributed by atoms with Gasteiger partial charge in [-0.3, -0.25) is 10.1 Å². The Kier molecular flexibility index (Phi) is 6.51. The van der Waals surface area contributed by atoms with Crippen LogP contribution in [-0.4, -0.2) is 35.9 Å². The van der Waals surface area contributed by atoms with Gasteiger partial charge >= 0.3 is 6.01 Å². The van der Waals surface area contributed by atoms with E-state index in [1.165, 1.54) is 47.0 Å². The number of rotatable bonds is 7. The first-order valence-electron chi connectivity index (χ1n) is 9.34. The minimum Gasteiger partial charge on any atom is -0.402 e.